The number of hydrogen-bond acceptors (Lipinski definition) is 4. The Labute approximate surface area is 146 Å². The number of carbonyl (C=O) groups is 1. The van der Waals surface area contributed by atoms with Crippen LogP contribution < -0.4 is 14.8 Å². The minimum atomic E-state index is -0.157. The average molecular weight is 339 g/mol. The molecule has 0 saturated carbocycles. The van der Waals surface area contributed by atoms with Crippen molar-refractivity contribution in [3.8, 4) is 11.5 Å². The third-order valence-corrected chi connectivity index (χ3v) is 4.11. The molecule has 0 radical (unpaired) electrons. The summed E-state index contributed by atoms with van der Waals surface area (Å²) in [5.41, 5.74) is 2.62. The molecule has 1 amide bonds. The van der Waals surface area contributed by atoms with Crippen molar-refractivity contribution in [1.82, 2.24) is 14.9 Å². The van der Waals surface area contributed by atoms with Gasteiger partial charge in [0.2, 0.25) is 0 Å². The molecule has 0 aliphatic heterocycles. The van der Waals surface area contributed by atoms with Crippen molar-refractivity contribution in [1.29, 1.82) is 0 Å². The van der Waals surface area contributed by atoms with Crippen LogP contribution in [0.15, 0.2) is 42.7 Å². The summed E-state index contributed by atoms with van der Waals surface area (Å²) in [5, 5.41) is 4.06. The minimum absolute atomic E-state index is 0.157. The first kappa shape index (κ1) is 16.8. The van der Waals surface area contributed by atoms with E-state index in [4.69, 9.17) is 9.47 Å². The maximum Gasteiger partial charge on any atom is 0.251 e. The Morgan fingerprint density at radius 1 is 1.20 bits per heavy atom. The van der Waals surface area contributed by atoms with Crippen molar-refractivity contribution in [2.75, 3.05) is 20.8 Å². The molecule has 1 aromatic carbocycles. The number of methoxy groups -OCH3 is 2. The molecule has 2 aromatic heterocycles. The number of carbonyl (C=O) groups excluding carboxylic acids is 1. The van der Waals surface area contributed by atoms with Crippen molar-refractivity contribution in [2.45, 2.75) is 6.42 Å². The van der Waals surface area contributed by atoms with Gasteiger partial charge in [-0.15, -0.1) is 0 Å². The summed E-state index contributed by atoms with van der Waals surface area (Å²) in [6, 6.07) is 9.10. The number of aryl methyl sites for hydroxylation is 1. The van der Waals surface area contributed by atoms with Gasteiger partial charge >= 0.3 is 0 Å². The van der Waals surface area contributed by atoms with Gasteiger partial charge in [-0.1, -0.05) is 0 Å². The van der Waals surface area contributed by atoms with E-state index in [1.807, 2.05) is 23.7 Å². The molecule has 0 aliphatic rings. The van der Waals surface area contributed by atoms with Gasteiger partial charge in [-0.25, -0.2) is 4.98 Å². The molecule has 0 atom stereocenters. The van der Waals surface area contributed by atoms with E-state index in [1.54, 1.807) is 38.6 Å². The first-order valence-electron chi connectivity index (χ1n) is 8.02. The summed E-state index contributed by atoms with van der Waals surface area (Å²) in [6.45, 7) is 0.534. The van der Waals surface area contributed by atoms with Gasteiger partial charge in [0.05, 0.1) is 14.2 Å². The zero-order valence-electron chi connectivity index (χ0n) is 14.6. The summed E-state index contributed by atoms with van der Waals surface area (Å²) in [5.74, 6) is 1.02. The van der Waals surface area contributed by atoms with Crippen molar-refractivity contribution in [2.24, 2.45) is 7.05 Å². The van der Waals surface area contributed by atoms with E-state index in [-0.39, 0.29) is 5.91 Å². The highest BCUT2D eigenvalue weighted by Gasteiger charge is 2.11. The minimum Gasteiger partial charge on any atom is -0.497 e. The van der Waals surface area contributed by atoms with E-state index in [0.29, 0.717) is 23.6 Å². The number of benzene rings is 1. The molecule has 0 bridgehead atoms. The Bertz CT molecular complexity index is 880. The van der Waals surface area contributed by atoms with Gasteiger partial charge in [-0.3, -0.25) is 4.79 Å². The zero-order valence-corrected chi connectivity index (χ0v) is 14.6. The molecule has 0 unspecified atom stereocenters. The van der Waals surface area contributed by atoms with Crippen LogP contribution in [0.2, 0.25) is 0 Å². The summed E-state index contributed by atoms with van der Waals surface area (Å²) in [6.07, 6.45) is 4.57. The van der Waals surface area contributed by atoms with Crippen LogP contribution in [-0.2, 0) is 13.5 Å². The Balaban J connectivity index is 1.68. The molecule has 0 fully saturated rings. The summed E-state index contributed by atoms with van der Waals surface area (Å²) >= 11 is 0. The topological polar surface area (TPSA) is 65.4 Å². The number of amides is 1. The first-order valence-corrected chi connectivity index (χ1v) is 8.02. The van der Waals surface area contributed by atoms with Crippen molar-refractivity contribution < 1.29 is 14.3 Å². The standard InChI is InChI=1S/C19H21N3O3/c1-22-12-13(17-5-4-7-20-18(17)22)6-8-21-19(23)14-9-15(24-2)11-16(10-14)25-3/h4-5,7,9-12H,6,8H2,1-3H3,(H,21,23). The van der Waals surface area contributed by atoms with Crippen molar-refractivity contribution in [3.05, 3.63) is 53.9 Å². The quantitative estimate of drug-likeness (QED) is 0.750. The number of fused-ring (bicyclic) bond motifs is 1. The lowest BCUT2D eigenvalue weighted by atomic mass is 10.1. The highest BCUT2D eigenvalue weighted by atomic mass is 16.5. The van der Waals surface area contributed by atoms with Gasteiger partial charge in [0, 0.05) is 43.0 Å². The molecule has 6 nitrogen and oxygen atoms in total. The van der Waals surface area contributed by atoms with Crippen LogP contribution in [0.4, 0.5) is 0 Å². The van der Waals surface area contributed by atoms with E-state index in [0.717, 1.165) is 23.0 Å². The molecule has 130 valence electrons. The fourth-order valence-electron chi connectivity index (χ4n) is 2.84. The van der Waals surface area contributed by atoms with E-state index in [9.17, 15) is 4.79 Å². The average Bonchev–Trinajstić information content (AvgIpc) is 2.97. The molecule has 3 aromatic rings. The van der Waals surface area contributed by atoms with Gasteiger partial charge in [0.1, 0.15) is 17.1 Å². The first-order chi connectivity index (χ1) is 12.1. The maximum atomic E-state index is 12.4. The second-order valence-electron chi connectivity index (χ2n) is 5.75. The number of hydrogen-bond donors (Lipinski definition) is 1. The Morgan fingerprint density at radius 2 is 1.92 bits per heavy atom. The summed E-state index contributed by atoms with van der Waals surface area (Å²) < 4.78 is 12.4. The molecule has 6 heteroatoms. The number of aromatic nitrogens is 2. The third kappa shape index (κ3) is 3.57. The lowest BCUT2D eigenvalue weighted by Gasteiger charge is -2.09. The number of pyridine rings is 1. The molecular weight excluding hydrogens is 318 g/mol. The fourth-order valence-corrected chi connectivity index (χ4v) is 2.84. The third-order valence-electron chi connectivity index (χ3n) is 4.11. The van der Waals surface area contributed by atoms with Crippen LogP contribution in [0, 0.1) is 0 Å². The molecule has 1 N–H and O–H groups in total. The van der Waals surface area contributed by atoms with E-state index in [1.165, 1.54) is 0 Å². The van der Waals surface area contributed by atoms with E-state index < -0.39 is 0 Å². The van der Waals surface area contributed by atoms with Crippen LogP contribution in [0.5, 0.6) is 11.5 Å². The van der Waals surface area contributed by atoms with Gasteiger partial charge in [-0.2, -0.15) is 0 Å². The van der Waals surface area contributed by atoms with Gasteiger partial charge in [0.25, 0.3) is 5.91 Å². The fraction of sp³-hybridized carbons (Fsp3) is 0.263. The van der Waals surface area contributed by atoms with Crippen molar-refractivity contribution in [3.63, 3.8) is 0 Å². The normalized spacial score (nSPS) is 10.7. The molecule has 0 spiro atoms. The van der Waals surface area contributed by atoms with E-state index >= 15 is 0 Å². The largest absolute Gasteiger partial charge is 0.497 e. The monoisotopic (exact) mass is 339 g/mol. The number of nitrogens with one attached hydrogen (secondary N) is 1. The summed E-state index contributed by atoms with van der Waals surface area (Å²) in [7, 11) is 5.09. The van der Waals surface area contributed by atoms with Crippen molar-refractivity contribution >= 4 is 16.9 Å². The Morgan fingerprint density at radius 3 is 2.60 bits per heavy atom. The number of rotatable bonds is 6. The molecule has 3 rings (SSSR count). The number of nitrogens with zero attached hydrogens (tertiary/aromatic N) is 2. The Kier molecular flexibility index (Phi) is 4.88. The second-order valence-corrected chi connectivity index (χ2v) is 5.75. The zero-order chi connectivity index (χ0) is 17.8. The van der Waals surface area contributed by atoms with Crippen LogP contribution in [-0.4, -0.2) is 36.2 Å². The highest BCUT2D eigenvalue weighted by Crippen LogP contribution is 2.22. The molecule has 25 heavy (non-hydrogen) atoms. The lowest BCUT2D eigenvalue weighted by molar-refractivity contribution is 0.0953. The van der Waals surface area contributed by atoms with Crippen LogP contribution in [0.1, 0.15) is 15.9 Å². The summed E-state index contributed by atoms with van der Waals surface area (Å²) in [4.78, 5) is 16.8. The second kappa shape index (κ2) is 7.25. The molecule has 2 heterocycles. The van der Waals surface area contributed by atoms with Gasteiger partial charge < -0.3 is 19.4 Å². The molecular formula is C19H21N3O3. The van der Waals surface area contributed by atoms with Gasteiger partial charge in [-0.05, 0) is 36.2 Å². The highest BCUT2D eigenvalue weighted by molar-refractivity contribution is 5.95. The van der Waals surface area contributed by atoms with Gasteiger partial charge in [0.15, 0.2) is 0 Å². The Hall–Kier alpha value is -3.02. The lowest BCUT2D eigenvalue weighted by Crippen LogP contribution is -2.25. The van der Waals surface area contributed by atoms with Crippen LogP contribution in [0.3, 0.4) is 0 Å². The molecule has 0 saturated heterocycles. The predicted octanol–water partition coefficient (Wildman–Crippen LogP) is 2.56. The van der Waals surface area contributed by atoms with Crippen LogP contribution >= 0.6 is 0 Å². The van der Waals surface area contributed by atoms with E-state index in [2.05, 4.69) is 16.5 Å². The SMILES string of the molecule is COc1cc(OC)cc(C(=O)NCCc2cn(C)c3ncccc23)c1. The number of ether oxygens (including phenoxy) is 2. The maximum absolute atomic E-state index is 12.4. The molecule has 0 aliphatic carbocycles. The van der Waals surface area contributed by atoms with Crippen LogP contribution in [0.25, 0.3) is 11.0 Å². The predicted molar refractivity (Wildman–Crippen MR) is 96.3 cm³/mol. The smallest absolute Gasteiger partial charge is 0.251 e.